The molecule has 0 saturated heterocycles. The molecule has 9 nitrogen and oxygen atoms in total. The van der Waals surface area contributed by atoms with Crippen molar-refractivity contribution in [1.82, 2.24) is 4.57 Å². The van der Waals surface area contributed by atoms with Crippen LogP contribution in [0.2, 0.25) is 0 Å². The predicted molar refractivity (Wildman–Crippen MR) is 119 cm³/mol. The summed E-state index contributed by atoms with van der Waals surface area (Å²) in [6, 6.07) is 14.0. The molecule has 0 atom stereocenters. The molecule has 0 unspecified atom stereocenters. The van der Waals surface area contributed by atoms with E-state index in [1.165, 1.54) is 43.5 Å². The summed E-state index contributed by atoms with van der Waals surface area (Å²) in [6.45, 7) is 3.53. The van der Waals surface area contributed by atoms with Gasteiger partial charge in [0.25, 0.3) is 11.6 Å². The Hall–Kier alpha value is -4.58. The molecule has 0 saturated carbocycles. The zero-order valence-electron chi connectivity index (χ0n) is 17.6. The number of aryl methyl sites for hydroxylation is 1. The van der Waals surface area contributed by atoms with Crippen LogP contribution in [0.25, 0.3) is 11.8 Å². The van der Waals surface area contributed by atoms with E-state index in [9.17, 15) is 25.3 Å². The minimum Gasteiger partial charge on any atom is -0.508 e. The molecule has 0 bridgehead atoms. The first-order chi connectivity index (χ1) is 15.2. The Balaban J connectivity index is 2.00. The van der Waals surface area contributed by atoms with Crippen LogP contribution in [0.5, 0.6) is 11.5 Å². The van der Waals surface area contributed by atoms with Gasteiger partial charge in [0.1, 0.15) is 28.8 Å². The van der Waals surface area contributed by atoms with E-state index in [2.05, 4.69) is 5.32 Å². The van der Waals surface area contributed by atoms with Crippen LogP contribution in [0, 0.1) is 35.3 Å². The number of nitrogens with one attached hydrogen (secondary N) is 1. The molecule has 9 heteroatoms. The van der Waals surface area contributed by atoms with Crippen molar-refractivity contribution in [1.29, 1.82) is 5.26 Å². The summed E-state index contributed by atoms with van der Waals surface area (Å²) < 4.78 is 6.78. The van der Waals surface area contributed by atoms with Gasteiger partial charge < -0.3 is 19.7 Å². The number of amides is 1. The fraction of sp³-hybridized carbons (Fsp3) is 0.130. The Labute approximate surface area is 183 Å². The highest BCUT2D eigenvalue weighted by Gasteiger charge is 2.21. The predicted octanol–water partition coefficient (Wildman–Crippen LogP) is 4.26. The van der Waals surface area contributed by atoms with Crippen LogP contribution >= 0.6 is 0 Å². The summed E-state index contributed by atoms with van der Waals surface area (Å²) >= 11 is 0. The molecule has 0 radical (unpaired) electrons. The number of nitrogens with zero attached hydrogens (tertiary/aromatic N) is 3. The van der Waals surface area contributed by atoms with Gasteiger partial charge in [0.15, 0.2) is 0 Å². The van der Waals surface area contributed by atoms with Crippen LogP contribution in [0.4, 0.5) is 11.4 Å². The Morgan fingerprint density at radius 2 is 1.91 bits per heavy atom. The van der Waals surface area contributed by atoms with Gasteiger partial charge >= 0.3 is 0 Å². The van der Waals surface area contributed by atoms with E-state index in [1.807, 2.05) is 6.07 Å². The van der Waals surface area contributed by atoms with Gasteiger partial charge in [0.05, 0.1) is 18.1 Å². The number of benzene rings is 2. The zero-order chi connectivity index (χ0) is 23.4. The lowest BCUT2D eigenvalue weighted by Gasteiger charge is -2.11. The summed E-state index contributed by atoms with van der Waals surface area (Å²) in [4.78, 5) is 23.7. The highest BCUT2D eigenvalue weighted by molar-refractivity contribution is 6.09. The van der Waals surface area contributed by atoms with Crippen LogP contribution < -0.4 is 10.1 Å². The molecular formula is C23H20N4O5. The maximum absolute atomic E-state index is 12.5. The molecule has 1 amide bonds. The lowest BCUT2D eigenvalue weighted by Crippen LogP contribution is -2.13. The molecule has 1 heterocycles. The molecule has 32 heavy (non-hydrogen) atoms. The molecule has 3 rings (SSSR count). The molecule has 162 valence electrons. The van der Waals surface area contributed by atoms with E-state index in [4.69, 9.17) is 4.74 Å². The fourth-order valence-corrected chi connectivity index (χ4v) is 3.32. The van der Waals surface area contributed by atoms with E-state index in [0.29, 0.717) is 34.1 Å². The van der Waals surface area contributed by atoms with E-state index in [0.717, 1.165) is 0 Å². The number of carbonyl (C=O) groups excluding carboxylic acids is 1. The molecule has 0 fully saturated rings. The van der Waals surface area contributed by atoms with Crippen LogP contribution in [0.15, 0.2) is 54.1 Å². The van der Waals surface area contributed by atoms with E-state index >= 15 is 0 Å². The molecule has 3 aromatic rings. The van der Waals surface area contributed by atoms with Gasteiger partial charge in [-0.15, -0.1) is 0 Å². The number of carbonyl (C=O) groups is 1. The Kier molecular flexibility index (Phi) is 6.26. The van der Waals surface area contributed by atoms with Crippen molar-refractivity contribution in [2.24, 2.45) is 0 Å². The summed E-state index contributed by atoms with van der Waals surface area (Å²) in [5, 5.41) is 33.1. The standard InChI is InChI=1S/C23H20N4O5/c1-14-10-16(11-17(13-24)23(29)25-18-4-6-19(28)7-5-18)15(2)26(14)21-9-8-20(32-3)12-22(21)27(30)31/h4-12,28H,1-3H3,(H,25,29)/b17-11+. The van der Waals surface area contributed by atoms with E-state index in [-0.39, 0.29) is 17.0 Å². The Morgan fingerprint density at radius 3 is 2.50 bits per heavy atom. The number of ether oxygens (including phenoxy) is 1. The molecule has 0 aliphatic carbocycles. The first-order valence-electron chi connectivity index (χ1n) is 9.49. The minimum atomic E-state index is -0.613. The molecule has 0 aliphatic heterocycles. The van der Waals surface area contributed by atoms with Crippen LogP contribution in [0.3, 0.4) is 0 Å². The maximum Gasteiger partial charge on any atom is 0.296 e. The summed E-state index contributed by atoms with van der Waals surface area (Å²) in [5.74, 6) is -0.196. The summed E-state index contributed by atoms with van der Waals surface area (Å²) in [5.41, 5.74) is 2.39. The van der Waals surface area contributed by atoms with Gasteiger partial charge in [-0.3, -0.25) is 14.9 Å². The van der Waals surface area contributed by atoms with Gasteiger partial charge in [-0.1, -0.05) is 0 Å². The van der Waals surface area contributed by atoms with Crippen molar-refractivity contribution in [2.45, 2.75) is 13.8 Å². The van der Waals surface area contributed by atoms with E-state index < -0.39 is 10.8 Å². The van der Waals surface area contributed by atoms with Crippen molar-refractivity contribution < 1.29 is 19.6 Å². The first-order valence-corrected chi connectivity index (χ1v) is 9.49. The largest absolute Gasteiger partial charge is 0.508 e. The number of phenolic OH excluding ortho intramolecular Hbond substituents is 1. The average Bonchev–Trinajstić information content (AvgIpc) is 3.05. The van der Waals surface area contributed by atoms with Gasteiger partial charge in [-0.25, -0.2) is 0 Å². The normalized spacial score (nSPS) is 11.0. The number of aromatic nitrogens is 1. The third-order valence-electron chi connectivity index (χ3n) is 4.88. The third kappa shape index (κ3) is 4.44. The molecule has 2 aromatic carbocycles. The number of methoxy groups -OCH3 is 1. The number of nitro benzene ring substituents is 1. The van der Waals surface area contributed by atoms with Crippen molar-refractivity contribution in [3.8, 4) is 23.3 Å². The van der Waals surface area contributed by atoms with E-state index in [1.54, 1.807) is 36.6 Å². The zero-order valence-corrected chi connectivity index (χ0v) is 17.6. The number of hydrogen-bond donors (Lipinski definition) is 2. The number of hydrogen-bond acceptors (Lipinski definition) is 6. The molecule has 0 aliphatic rings. The van der Waals surface area contributed by atoms with Crippen LogP contribution in [0.1, 0.15) is 17.0 Å². The number of phenols is 1. The molecule has 1 aromatic heterocycles. The van der Waals surface area contributed by atoms with Crippen LogP contribution in [-0.2, 0) is 4.79 Å². The van der Waals surface area contributed by atoms with Crippen molar-refractivity contribution in [2.75, 3.05) is 12.4 Å². The molecular weight excluding hydrogens is 412 g/mol. The third-order valence-corrected chi connectivity index (χ3v) is 4.88. The van der Waals surface area contributed by atoms with Crippen LogP contribution in [-0.4, -0.2) is 27.6 Å². The van der Waals surface area contributed by atoms with Crippen molar-refractivity contribution >= 4 is 23.4 Å². The van der Waals surface area contributed by atoms with Crippen molar-refractivity contribution in [3.05, 3.63) is 81.2 Å². The summed E-state index contributed by atoms with van der Waals surface area (Å²) in [6.07, 6.45) is 1.43. The van der Waals surface area contributed by atoms with Crippen molar-refractivity contribution in [3.63, 3.8) is 0 Å². The first kappa shape index (κ1) is 22.1. The second-order valence-corrected chi connectivity index (χ2v) is 6.94. The van der Waals surface area contributed by atoms with Gasteiger partial charge in [0.2, 0.25) is 0 Å². The fourth-order valence-electron chi connectivity index (χ4n) is 3.32. The Bertz CT molecular complexity index is 1270. The number of anilines is 1. The molecule has 0 spiro atoms. The second-order valence-electron chi connectivity index (χ2n) is 6.94. The monoisotopic (exact) mass is 432 g/mol. The average molecular weight is 432 g/mol. The highest BCUT2D eigenvalue weighted by Crippen LogP contribution is 2.32. The lowest BCUT2D eigenvalue weighted by molar-refractivity contribution is -0.384. The number of aromatic hydroxyl groups is 1. The number of rotatable bonds is 6. The minimum absolute atomic E-state index is 0.0547. The molecule has 2 N–H and O–H groups in total. The highest BCUT2D eigenvalue weighted by atomic mass is 16.6. The quantitative estimate of drug-likeness (QED) is 0.197. The topological polar surface area (TPSA) is 130 Å². The van der Waals surface area contributed by atoms with Gasteiger partial charge in [-0.2, -0.15) is 5.26 Å². The van der Waals surface area contributed by atoms with Gasteiger partial charge in [0, 0.05) is 17.1 Å². The summed E-state index contributed by atoms with van der Waals surface area (Å²) in [7, 11) is 1.43. The second kappa shape index (κ2) is 9.06. The SMILES string of the molecule is COc1ccc(-n2c(C)cc(/C=C(\C#N)C(=O)Nc3ccc(O)cc3)c2C)c([N+](=O)[O-])c1. The number of nitriles is 1. The Morgan fingerprint density at radius 1 is 1.22 bits per heavy atom. The van der Waals surface area contributed by atoms with Gasteiger partial charge in [-0.05, 0) is 68.0 Å². The number of nitro groups is 1. The lowest BCUT2D eigenvalue weighted by atomic mass is 10.1. The smallest absolute Gasteiger partial charge is 0.296 e. The maximum atomic E-state index is 12.5.